The van der Waals surface area contributed by atoms with Gasteiger partial charge in [0.1, 0.15) is 5.82 Å². The number of hydrogen-bond acceptors (Lipinski definition) is 6. The highest BCUT2D eigenvalue weighted by molar-refractivity contribution is 7.19. The van der Waals surface area contributed by atoms with Crippen molar-refractivity contribution in [3.8, 4) is 10.6 Å². The summed E-state index contributed by atoms with van der Waals surface area (Å²) in [7, 11) is 0. The van der Waals surface area contributed by atoms with Gasteiger partial charge in [0.25, 0.3) is 5.82 Å². The molecule has 2 heterocycles. The lowest BCUT2D eigenvalue weighted by atomic mass is 10.2. The fourth-order valence-electron chi connectivity index (χ4n) is 1.75. The lowest BCUT2D eigenvalue weighted by Gasteiger charge is -2.04. The molecule has 0 aliphatic carbocycles. The number of carbonyl (C=O) groups is 1. The maximum absolute atomic E-state index is 13.8. The molecule has 2 aromatic heterocycles. The topological polar surface area (TPSA) is 69.4 Å². The van der Waals surface area contributed by atoms with Gasteiger partial charge in [0.15, 0.2) is 5.01 Å². The van der Waals surface area contributed by atoms with Crippen LogP contribution in [0.15, 0.2) is 24.3 Å². The molecule has 0 atom stereocenters. The van der Waals surface area contributed by atoms with Gasteiger partial charge in [0, 0.05) is 5.56 Å². The van der Waals surface area contributed by atoms with Crippen LogP contribution in [-0.2, 0) is 4.74 Å². The van der Waals surface area contributed by atoms with Crippen molar-refractivity contribution < 1.29 is 13.9 Å². The third kappa shape index (κ3) is 2.49. The van der Waals surface area contributed by atoms with E-state index in [0.29, 0.717) is 15.5 Å². The summed E-state index contributed by atoms with van der Waals surface area (Å²) in [6.45, 7) is 3.48. The zero-order valence-corrected chi connectivity index (χ0v) is 12.1. The van der Waals surface area contributed by atoms with Gasteiger partial charge < -0.3 is 4.74 Å². The third-order valence-corrected chi connectivity index (χ3v) is 3.55. The van der Waals surface area contributed by atoms with Crippen LogP contribution in [0.5, 0.6) is 0 Å². The van der Waals surface area contributed by atoms with Crippen LogP contribution < -0.4 is 0 Å². The molecule has 0 amide bonds. The van der Waals surface area contributed by atoms with E-state index in [4.69, 9.17) is 4.74 Å². The number of aromatic nitrogens is 4. The van der Waals surface area contributed by atoms with Gasteiger partial charge in [-0.1, -0.05) is 23.5 Å². The summed E-state index contributed by atoms with van der Waals surface area (Å²) < 4.78 is 20.1. The van der Waals surface area contributed by atoms with E-state index in [0.717, 1.165) is 11.3 Å². The molecule has 0 saturated carbocycles. The van der Waals surface area contributed by atoms with Crippen molar-refractivity contribution in [3.05, 3.63) is 35.9 Å². The zero-order valence-electron chi connectivity index (χ0n) is 11.3. The Balaban J connectivity index is 2.04. The Morgan fingerprint density at radius 2 is 2.10 bits per heavy atom. The van der Waals surface area contributed by atoms with Crippen LogP contribution in [-0.4, -0.2) is 31.9 Å². The first-order valence-electron chi connectivity index (χ1n) is 6.24. The number of halogens is 1. The highest BCUT2D eigenvalue weighted by Gasteiger charge is 2.21. The zero-order chi connectivity index (χ0) is 15.0. The van der Waals surface area contributed by atoms with Gasteiger partial charge in [-0.15, -0.1) is 10.2 Å². The molecule has 1 aromatic carbocycles. The summed E-state index contributed by atoms with van der Waals surface area (Å²) in [6, 6.07) is 6.29. The minimum absolute atomic E-state index is 0.0162. The average Bonchev–Trinajstić information content (AvgIpc) is 2.97. The van der Waals surface area contributed by atoms with E-state index in [1.165, 1.54) is 10.6 Å². The van der Waals surface area contributed by atoms with E-state index < -0.39 is 5.97 Å². The highest BCUT2D eigenvalue weighted by Crippen LogP contribution is 2.27. The standard InChI is InChI=1S/C13H11FN4O2S/c1-7(2)20-12(19)10-15-16-13-18(10)17-11(21-13)8-5-3-4-6-9(8)14/h3-7H,1-2H3. The maximum atomic E-state index is 13.8. The van der Waals surface area contributed by atoms with E-state index in [2.05, 4.69) is 15.3 Å². The molecule has 3 rings (SSSR count). The van der Waals surface area contributed by atoms with Crippen LogP contribution in [0, 0.1) is 5.82 Å². The van der Waals surface area contributed by atoms with E-state index in [-0.39, 0.29) is 17.7 Å². The molecule has 0 fully saturated rings. The average molecular weight is 306 g/mol. The van der Waals surface area contributed by atoms with Crippen LogP contribution in [0.25, 0.3) is 15.5 Å². The Hall–Kier alpha value is -2.35. The van der Waals surface area contributed by atoms with E-state index in [1.807, 2.05) is 0 Å². The Morgan fingerprint density at radius 1 is 1.33 bits per heavy atom. The number of hydrogen-bond donors (Lipinski definition) is 0. The normalized spacial score (nSPS) is 11.2. The van der Waals surface area contributed by atoms with E-state index >= 15 is 0 Å². The number of fused-ring (bicyclic) bond motifs is 1. The summed E-state index contributed by atoms with van der Waals surface area (Å²) in [5.74, 6) is -1.01. The van der Waals surface area contributed by atoms with Gasteiger partial charge in [0.2, 0.25) is 4.96 Å². The fraction of sp³-hybridized carbons (Fsp3) is 0.231. The monoisotopic (exact) mass is 306 g/mol. The van der Waals surface area contributed by atoms with Gasteiger partial charge in [-0.25, -0.2) is 9.18 Å². The van der Waals surface area contributed by atoms with Crippen molar-refractivity contribution in [1.82, 2.24) is 19.8 Å². The number of esters is 1. The van der Waals surface area contributed by atoms with Crippen molar-refractivity contribution in [2.45, 2.75) is 20.0 Å². The Labute approximate surface area is 123 Å². The molecular weight excluding hydrogens is 295 g/mol. The van der Waals surface area contributed by atoms with Crippen molar-refractivity contribution in [1.29, 1.82) is 0 Å². The third-order valence-electron chi connectivity index (χ3n) is 2.62. The first-order valence-corrected chi connectivity index (χ1v) is 7.06. The van der Waals surface area contributed by atoms with Crippen molar-refractivity contribution >= 4 is 22.3 Å². The number of nitrogens with zero attached hydrogens (tertiary/aromatic N) is 4. The molecule has 0 N–H and O–H groups in total. The van der Waals surface area contributed by atoms with Crippen LogP contribution in [0.1, 0.15) is 24.5 Å². The molecule has 0 unspecified atom stereocenters. The Kier molecular flexibility index (Phi) is 3.38. The molecule has 108 valence electrons. The fourth-order valence-corrected chi connectivity index (χ4v) is 2.62. The molecule has 0 saturated heterocycles. The summed E-state index contributed by atoms with van der Waals surface area (Å²) >= 11 is 1.15. The number of rotatable bonds is 3. The molecule has 0 aliphatic rings. The second-order valence-corrected chi connectivity index (χ2v) is 5.52. The van der Waals surface area contributed by atoms with Gasteiger partial charge in [-0.05, 0) is 26.0 Å². The summed E-state index contributed by atoms with van der Waals surface area (Å²) in [6.07, 6.45) is -0.269. The molecule has 0 radical (unpaired) electrons. The predicted octanol–water partition coefficient (Wildman–Crippen LogP) is 2.56. The molecule has 6 nitrogen and oxygen atoms in total. The molecule has 0 bridgehead atoms. The highest BCUT2D eigenvalue weighted by atomic mass is 32.1. The van der Waals surface area contributed by atoms with Crippen LogP contribution >= 0.6 is 11.3 Å². The van der Waals surface area contributed by atoms with Gasteiger partial charge in [-0.2, -0.15) is 9.61 Å². The second kappa shape index (κ2) is 5.21. The number of carbonyl (C=O) groups excluding carboxylic acids is 1. The van der Waals surface area contributed by atoms with E-state index in [1.54, 1.807) is 32.0 Å². The largest absolute Gasteiger partial charge is 0.457 e. The molecule has 21 heavy (non-hydrogen) atoms. The van der Waals surface area contributed by atoms with Crippen molar-refractivity contribution in [2.75, 3.05) is 0 Å². The summed E-state index contributed by atoms with van der Waals surface area (Å²) in [5, 5.41) is 12.3. The van der Waals surface area contributed by atoms with E-state index in [9.17, 15) is 9.18 Å². The smallest absolute Gasteiger partial charge is 0.378 e. The molecule has 3 aromatic rings. The first kappa shape index (κ1) is 13.6. The van der Waals surface area contributed by atoms with Gasteiger partial charge in [0.05, 0.1) is 6.10 Å². The first-order chi connectivity index (χ1) is 10.1. The number of benzene rings is 1. The SMILES string of the molecule is CC(C)OC(=O)c1nnc2sc(-c3ccccc3F)nn12. The summed E-state index contributed by atoms with van der Waals surface area (Å²) in [5.41, 5.74) is 0.358. The maximum Gasteiger partial charge on any atom is 0.378 e. The van der Waals surface area contributed by atoms with Gasteiger partial charge >= 0.3 is 5.97 Å². The number of ether oxygens (including phenoxy) is 1. The Bertz CT molecular complexity index is 811. The summed E-state index contributed by atoms with van der Waals surface area (Å²) in [4.78, 5) is 12.3. The predicted molar refractivity (Wildman–Crippen MR) is 74.6 cm³/mol. The van der Waals surface area contributed by atoms with Crippen molar-refractivity contribution in [2.24, 2.45) is 0 Å². The minimum Gasteiger partial charge on any atom is -0.457 e. The molecule has 8 heteroatoms. The molecular formula is C13H11FN4O2S. The van der Waals surface area contributed by atoms with Gasteiger partial charge in [-0.3, -0.25) is 0 Å². The molecule has 0 spiro atoms. The quantitative estimate of drug-likeness (QED) is 0.696. The van der Waals surface area contributed by atoms with Crippen LogP contribution in [0.4, 0.5) is 4.39 Å². The lowest BCUT2D eigenvalue weighted by molar-refractivity contribution is 0.0360. The minimum atomic E-state index is -0.608. The van der Waals surface area contributed by atoms with Crippen LogP contribution in [0.3, 0.4) is 0 Å². The molecule has 0 aliphatic heterocycles. The Morgan fingerprint density at radius 3 is 2.81 bits per heavy atom. The van der Waals surface area contributed by atoms with Crippen molar-refractivity contribution in [3.63, 3.8) is 0 Å². The lowest BCUT2D eigenvalue weighted by Crippen LogP contribution is -2.15. The van der Waals surface area contributed by atoms with Crippen LogP contribution in [0.2, 0.25) is 0 Å². The second-order valence-electron chi connectivity index (χ2n) is 4.56.